The van der Waals surface area contributed by atoms with E-state index in [4.69, 9.17) is 33.0 Å². The Hall–Kier alpha value is -2.78. The number of aliphatic carboxylic acids is 1. The molecule has 1 amide bonds. The van der Waals surface area contributed by atoms with E-state index in [1.165, 1.54) is 25.1 Å². The first-order valence-electron chi connectivity index (χ1n) is 11.2. The van der Waals surface area contributed by atoms with Crippen molar-refractivity contribution >= 4 is 57.6 Å². The minimum absolute atomic E-state index is 0.0459. The van der Waals surface area contributed by atoms with E-state index in [1.807, 2.05) is 6.92 Å². The molecule has 1 atom stereocenters. The van der Waals surface area contributed by atoms with Crippen molar-refractivity contribution in [2.45, 2.75) is 39.7 Å². The predicted octanol–water partition coefficient (Wildman–Crippen LogP) is 7.87. The molecule has 0 fully saturated rings. The Morgan fingerprint density at radius 1 is 1.28 bits per heavy atom. The molecule has 2 aromatic carbocycles. The molecule has 2 N–H and O–H groups in total. The molecule has 190 valence electrons. The van der Waals surface area contributed by atoms with Crippen LogP contribution in [0.25, 0.3) is 17.3 Å². The number of anilines is 1. The van der Waals surface area contributed by atoms with E-state index in [0.717, 1.165) is 24.2 Å². The van der Waals surface area contributed by atoms with Crippen molar-refractivity contribution < 1.29 is 23.8 Å². The normalized spacial score (nSPS) is 12.4. The van der Waals surface area contributed by atoms with E-state index in [-0.39, 0.29) is 26.3 Å². The largest absolute Gasteiger partial charge is 0.478 e. The molecule has 36 heavy (non-hydrogen) atoms. The van der Waals surface area contributed by atoms with Crippen molar-refractivity contribution in [1.29, 1.82) is 0 Å². The van der Waals surface area contributed by atoms with Crippen LogP contribution in [0, 0.1) is 5.82 Å². The highest BCUT2D eigenvalue weighted by atomic mass is 35.5. The predicted molar refractivity (Wildman–Crippen MR) is 142 cm³/mol. The fourth-order valence-corrected chi connectivity index (χ4v) is 4.61. The van der Waals surface area contributed by atoms with Gasteiger partial charge in [0.2, 0.25) is 0 Å². The van der Waals surface area contributed by atoms with Crippen molar-refractivity contribution in [3.05, 3.63) is 73.8 Å². The summed E-state index contributed by atoms with van der Waals surface area (Å²) in [6, 6.07) is 7.84. The van der Waals surface area contributed by atoms with Gasteiger partial charge in [-0.25, -0.2) is 14.2 Å². The number of nitrogens with one attached hydrogen (secondary N) is 1. The zero-order valence-electron chi connectivity index (χ0n) is 19.9. The zero-order chi connectivity index (χ0) is 26.4. The number of halogens is 3. The summed E-state index contributed by atoms with van der Waals surface area (Å²) in [5, 5.41) is 13.9. The highest BCUT2D eigenvalue weighted by Crippen LogP contribution is 2.33. The van der Waals surface area contributed by atoms with Gasteiger partial charge in [0.05, 0.1) is 21.8 Å². The molecular weight excluding hydrogens is 526 g/mol. The van der Waals surface area contributed by atoms with E-state index in [1.54, 1.807) is 23.6 Å². The number of carboxylic acids is 1. The van der Waals surface area contributed by atoms with Crippen LogP contribution in [0.2, 0.25) is 10.0 Å². The Morgan fingerprint density at radius 3 is 2.61 bits per heavy atom. The Morgan fingerprint density at radius 2 is 1.97 bits per heavy atom. The Bertz CT molecular complexity index is 1290. The SMILES string of the molecule is CCCCOC(C)c1cccc(-c2csc(NC(=O)c3cc(Cl)c(/C=C(\C)C(=O)O)c(Cl)c3)n2)c1F. The van der Waals surface area contributed by atoms with Gasteiger partial charge < -0.3 is 9.84 Å². The highest BCUT2D eigenvalue weighted by Gasteiger charge is 2.19. The zero-order valence-corrected chi connectivity index (χ0v) is 22.2. The van der Waals surface area contributed by atoms with Crippen LogP contribution >= 0.6 is 34.5 Å². The summed E-state index contributed by atoms with van der Waals surface area (Å²) in [5.74, 6) is -2.04. The fourth-order valence-electron chi connectivity index (χ4n) is 3.31. The van der Waals surface area contributed by atoms with Crippen LogP contribution in [0.5, 0.6) is 0 Å². The number of thiazole rings is 1. The smallest absolute Gasteiger partial charge is 0.331 e. The molecule has 0 bridgehead atoms. The van der Waals surface area contributed by atoms with Crippen molar-refractivity contribution in [2.75, 3.05) is 11.9 Å². The van der Waals surface area contributed by atoms with Gasteiger partial charge in [-0.3, -0.25) is 10.1 Å². The van der Waals surface area contributed by atoms with Crippen LogP contribution < -0.4 is 5.32 Å². The van der Waals surface area contributed by atoms with Gasteiger partial charge in [0.25, 0.3) is 5.91 Å². The van der Waals surface area contributed by atoms with Crippen LogP contribution in [0.4, 0.5) is 9.52 Å². The van der Waals surface area contributed by atoms with Gasteiger partial charge in [-0.05, 0) is 44.5 Å². The van der Waals surface area contributed by atoms with Gasteiger partial charge in [0.1, 0.15) is 5.82 Å². The van der Waals surface area contributed by atoms with Crippen LogP contribution in [-0.4, -0.2) is 28.6 Å². The molecule has 6 nitrogen and oxygen atoms in total. The van der Waals surface area contributed by atoms with Crippen LogP contribution in [-0.2, 0) is 9.53 Å². The Labute approximate surface area is 222 Å². The van der Waals surface area contributed by atoms with E-state index < -0.39 is 23.8 Å². The third-order valence-corrected chi connectivity index (χ3v) is 6.76. The van der Waals surface area contributed by atoms with E-state index in [0.29, 0.717) is 29.0 Å². The quantitative estimate of drug-likeness (QED) is 0.198. The average molecular weight is 551 g/mol. The monoisotopic (exact) mass is 550 g/mol. The second-order valence-corrected chi connectivity index (χ2v) is 9.73. The molecule has 3 aromatic rings. The first-order valence-corrected chi connectivity index (χ1v) is 12.8. The lowest BCUT2D eigenvalue weighted by Crippen LogP contribution is -2.12. The van der Waals surface area contributed by atoms with Gasteiger partial charge in [0, 0.05) is 39.8 Å². The summed E-state index contributed by atoms with van der Waals surface area (Å²) in [4.78, 5) is 28.2. The van der Waals surface area contributed by atoms with Gasteiger partial charge in [0.15, 0.2) is 5.13 Å². The molecule has 0 radical (unpaired) electrons. The van der Waals surface area contributed by atoms with E-state index in [2.05, 4.69) is 17.2 Å². The summed E-state index contributed by atoms with van der Waals surface area (Å²) < 4.78 is 21.0. The first kappa shape index (κ1) is 27.8. The molecular formula is C26H25Cl2FN2O4S. The van der Waals surface area contributed by atoms with Crippen LogP contribution in [0.15, 0.2) is 41.3 Å². The van der Waals surface area contributed by atoms with Crippen molar-refractivity contribution in [2.24, 2.45) is 0 Å². The van der Waals surface area contributed by atoms with E-state index >= 15 is 4.39 Å². The topological polar surface area (TPSA) is 88.5 Å². The summed E-state index contributed by atoms with van der Waals surface area (Å²) in [6.07, 6.45) is 2.83. The molecule has 0 spiro atoms. The molecule has 0 aliphatic rings. The van der Waals surface area contributed by atoms with Crippen molar-refractivity contribution in [3.63, 3.8) is 0 Å². The number of hydrogen-bond acceptors (Lipinski definition) is 5. The number of rotatable bonds is 10. The van der Waals surface area contributed by atoms with Gasteiger partial charge in [-0.1, -0.05) is 48.7 Å². The first-order chi connectivity index (χ1) is 17.1. The minimum atomic E-state index is -1.11. The Kier molecular flexibility index (Phi) is 9.62. The number of amides is 1. The lowest BCUT2D eigenvalue weighted by molar-refractivity contribution is -0.132. The third kappa shape index (κ3) is 6.70. The number of nitrogens with zero attached hydrogens (tertiary/aromatic N) is 1. The fraction of sp³-hybridized carbons (Fsp3) is 0.269. The Balaban J connectivity index is 1.78. The summed E-state index contributed by atoms with van der Waals surface area (Å²) in [5.41, 5.74) is 1.65. The lowest BCUT2D eigenvalue weighted by Gasteiger charge is -2.15. The number of unbranched alkanes of at least 4 members (excludes halogenated alkanes) is 1. The number of carbonyl (C=O) groups is 2. The van der Waals surface area contributed by atoms with Crippen LogP contribution in [0.3, 0.4) is 0 Å². The molecule has 10 heteroatoms. The number of aromatic nitrogens is 1. The summed E-state index contributed by atoms with van der Waals surface area (Å²) >= 11 is 13.6. The van der Waals surface area contributed by atoms with Gasteiger partial charge in [-0.15, -0.1) is 11.3 Å². The maximum atomic E-state index is 15.2. The number of carboxylic acid groups (broad SMARTS) is 1. The molecule has 0 saturated heterocycles. The number of hydrogen-bond donors (Lipinski definition) is 2. The maximum absolute atomic E-state index is 15.2. The molecule has 3 rings (SSSR count). The second kappa shape index (κ2) is 12.5. The van der Waals surface area contributed by atoms with Crippen molar-refractivity contribution in [3.8, 4) is 11.3 Å². The minimum Gasteiger partial charge on any atom is -0.478 e. The maximum Gasteiger partial charge on any atom is 0.331 e. The lowest BCUT2D eigenvalue weighted by atomic mass is 10.0. The standard InChI is InChI=1S/C26H25Cl2FN2O4S/c1-4-5-9-35-15(3)17-7-6-8-18(23(17)29)22-13-36-26(30-22)31-24(32)16-11-20(27)19(21(28)12-16)10-14(2)25(33)34/h6-8,10-13,15H,4-5,9H2,1-3H3,(H,33,34)(H,30,31,32)/b14-10+. The van der Waals surface area contributed by atoms with Gasteiger partial charge >= 0.3 is 5.97 Å². The third-order valence-electron chi connectivity index (χ3n) is 5.37. The number of benzene rings is 2. The van der Waals surface area contributed by atoms with Gasteiger partial charge in [-0.2, -0.15) is 0 Å². The van der Waals surface area contributed by atoms with Crippen molar-refractivity contribution in [1.82, 2.24) is 4.98 Å². The number of carbonyl (C=O) groups excluding carboxylic acids is 1. The molecule has 0 saturated carbocycles. The highest BCUT2D eigenvalue weighted by molar-refractivity contribution is 7.14. The molecule has 1 unspecified atom stereocenters. The summed E-state index contributed by atoms with van der Waals surface area (Å²) in [7, 11) is 0. The number of ether oxygens (including phenoxy) is 1. The molecule has 1 aromatic heterocycles. The van der Waals surface area contributed by atoms with E-state index in [9.17, 15) is 9.59 Å². The molecule has 0 aliphatic carbocycles. The van der Waals surface area contributed by atoms with Crippen LogP contribution in [0.1, 0.15) is 61.2 Å². The average Bonchev–Trinajstić information content (AvgIpc) is 3.29. The molecule has 1 heterocycles. The second-order valence-electron chi connectivity index (χ2n) is 8.05. The molecule has 0 aliphatic heterocycles. The summed E-state index contributed by atoms with van der Waals surface area (Å²) in [6.45, 7) is 5.84.